The molecule has 0 spiro atoms. The zero-order chi connectivity index (χ0) is 17.2. The molecule has 2 heterocycles. The summed E-state index contributed by atoms with van der Waals surface area (Å²) >= 11 is 0. The molecule has 2 saturated heterocycles. The van der Waals surface area contributed by atoms with Crippen molar-refractivity contribution in [3.8, 4) is 11.1 Å². The van der Waals surface area contributed by atoms with Crippen LogP contribution in [0.5, 0.6) is 0 Å². The van der Waals surface area contributed by atoms with Gasteiger partial charge in [0.1, 0.15) is 0 Å². The quantitative estimate of drug-likeness (QED) is 0.753. The van der Waals surface area contributed by atoms with Crippen LogP contribution in [0.25, 0.3) is 11.1 Å². The third-order valence-corrected chi connectivity index (χ3v) is 5.58. The smallest absolute Gasteiger partial charge is 0.176 e. The van der Waals surface area contributed by atoms with Gasteiger partial charge < -0.3 is 0 Å². The van der Waals surface area contributed by atoms with Crippen LogP contribution in [0.2, 0.25) is 0 Å². The molecule has 2 aromatic carbocycles. The van der Waals surface area contributed by atoms with Gasteiger partial charge in [-0.1, -0.05) is 61.5 Å². The van der Waals surface area contributed by atoms with Gasteiger partial charge in [-0.05, 0) is 43.9 Å². The highest BCUT2D eigenvalue weighted by Gasteiger charge is 2.33. The van der Waals surface area contributed by atoms with Gasteiger partial charge in [0.25, 0.3) is 0 Å². The number of benzene rings is 2. The Bertz CT molecular complexity index is 736. The van der Waals surface area contributed by atoms with Crippen LogP contribution in [0, 0.1) is 6.92 Å². The Hall–Kier alpha value is -1.97. The first-order chi connectivity index (χ1) is 12.2. The summed E-state index contributed by atoms with van der Waals surface area (Å²) < 4.78 is 0. The van der Waals surface area contributed by atoms with Crippen LogP contribution in [0.3, 0.4) is 0 Å². The van der Waals surface area contributed by atoms with E-state index in [9.17, 15) is 4.79 Å². The van der Waals surface area contributed by atoms with Crippen molar-refractivity contribution >= 4 is 5.78 Å². The predicted molar refractivity (Wildman–Crippen MR) is 108 cm³/mol. The van der Waals surface area contributed by atoms with E-state index < -0.39 is 0 Å². The topological polar surface area (TPSA) is 23.6 Å². The molecule has 4 rings (SSSR count). The number of aryl methyl sites for hydroxylation is 1. The molecule has 1 unspecified atom stereocenters. The highest BCUT2D eigenvalue weighted by Crippen LogP contribution is 2.25. The SMILES string of the molecule is C.Cc1ccc(-c2ccc(C(=O)CN3CCCN4CCCC43)cc2)cc1. The lowest BCUT2D eigenvalue weighted by Crippen LogP contribution is -2.51. The minimum absolute atomic E-state index is 0. The van der Waals surface area contributed by atoms with Gasteiger partial charge in [0.05, 0.1) is 12.7 Å². The highest BCUT2D eigenvalue weighted by molar-refractivity contribution is 5.98. The van der Waals surface area contributed by atoms with Gasteiger partial charge >= 0.3 is 0 Å². The molecule has 2 aromatic rings. The van der Waals surface area contributed by atoms with E-state index >= 15 is 0 Å². The molecule has 0 radical (unpaired) electrons. The lowest BCUT2D eigenvalue weighted by atomic mass is 10.0. The molecule has 0 N–H and O–H groups in total. The Kier molecular flexibility index (Phi) is 5.90. The lowest BCUT2D eigenvalue weighted by molar-refractivity contribution is 0.0338. The molecule has 0 bridgehead atoms. The fourth-order valence-corrected chi connectivity index (χ4v) is 4.16. The minimum Gasteiger partial charge on any atom is -0.293 e. The van der Waals surface area contributed by atoms with Crippen molar-refractivity contribution in [1.82, 2.24) is 9.80 Å². The van der Waals surface area contributed by atoms with E-state index in [2.05, 4.69) is 53.1 Å². The molecule has 2 aliphatic heterocycles. The largest absolute Gasteiger partial charge is 0.293 e. The number of fused-ring (bicyclic) bond motifs is 1. The summed E-state index contributed by atoms with van der Waals surface area (Å²) in [6, 6.07) is 16.6. The average Bonchev–Trinajstić information content (AvgIpc) is 3.12. The molecule has 138 valence electrons. The zero-order valence-corrected chi connectivity index (χ0v) is 14.9. The molecule has 1 atom stereocenters. The van der Waals surface area contributed by atoms with Crippen LogP contribution >= 0.6 is 0 Å². The number of ketones is 1. The van der Waals surface area contributed by atoms with Gasteiger partial charge in [-0.2, -0.15) is 0 Å². The van der Waals surface area contributed by atoms with Gasteiger partial charge in [0, 0.05) is 18.7 Å². The third kappa shape index (κ3) is 3.89. The van der Waals surface area contributed by atoms with Crippen LogP contribution in [-0.4, -0.2) is 47.9 Å². The molecular formula is C23H30N2O. The maximum atomic E-state index is 12.7. The van der Waals surface area contributed by atoms with Gasteiger partial charge in [0.15, 0.2) is 5.78 Å². The van der Waals surface area contributed by atoms with Crippen molar-refractivity contribution in [2.24, 2.45) is 0 Å². The zero-order valence-electron chi connectivity index (χ0n) is 14.9. The summed E-state index contributed by atoms with van der Waals surface area (Å²) in [5, 5.41) is 0. The molecular weight excluding hydrogens is 320 g/mol. The van der Waals surface area contributed by atoms with Gasteiger partial charge in [-0.3, -0.25) is 14.6 Å². The van der Waals surface area contributed by atoms with E-state index in [0.717, 1.165) is 17.7 Å². The molecule has 3 heteroatoms. The van der Waals surface area contributed by atoms with Crippen molar-refractivity contribution in [1.29, 1.82) is 0 Å². The van der Waals surface area contributed by atoms with Crippen LogP contribution < -0.4 is 0 Å². The summed E-state index contributed by atoms with van der Waals surface area (Å²) in [4.78, 5) is 17.7. The number of hydrogen-bond donors (Lipinski definition) is 0. The first-order valence-corrected chi connectivity index (χ1v) is 9.39. The minimum atomic E-state index is 0. The second kappa shape index (κ2) is 8.15. The molecule has 0 amide bonds. The number of hydrogen-bond acceptors (Lipinski definition) is 3. The second-order valence-electron chi connectivity index (χ2n) is 7.35. The first-order valence-electron chi connectivity index (χ1n) is 9.39. The normalized spacial score (nSPS) is 20.4. The second-order valence-corrected chi connectivity index (χ2v) is 7.35. The Labute approximate surface area is 157 Å². The molecule has 3 nitrogen and oxygen atoms in total. The predicted octanol–water partition coefficient (Wildman–Crippen LogP) is 4.61. The van der Waals surface area contributed by atoms with Crippen LogP contribution in [0.4, 0.5) is 0 Å². The molecule has 0 saturated carbocycles. The van der Waals surface area contributed by atoms with E-state index in [-0.39, 0.29) is 13.2 Å². The number of rotatable bonds is 4. The van der Waals surface area contributed by atoms with E-state index in [4.69, 9.17) is 0 Å². The maximum Gasteiger partial charge on any atom is 0.176 e. The Morgan fingerprint density at radius 3 is 2.23 bits per heavy atom. The fraction of sp³-hybridized carbons (Fsp3) is 0.435. The third-order valence-electron chi connectivity index (χ3n) is 5.58. The Morgan fingerprint density at radius 1 is 0.923 bits per heavy atom. The van der Waals surface area contributed by atoms with Crippen LogP contribution in [0.1, 0.15) is 42.6 Å². The van der Waals surface area contributed by atoms with Crippen LogP contribution in [0.15, 0.2) is 48.5 Å². The summed E-state index contributed by atoms with van der Waals surface area (Å²) in [5.41, 5.74) is 4.45. The van der Waals surface area contributed by atoms with E-state index in [0.29, 0.717) is 12.7 Å². The van der Waals surface area contributed by atoms with Crippen molar-refractivity contribution < 1.29 is 4.79 Å². The van der Waals surface area contributed by atoms with Crippen LogP contribution in [-0.2, 0) is 0 Å². The first kappa shape index (κ1) is 18.8. The monoisotopic (exact) mass is 350 g/mol. The fourth-order valence-electron chi connectivity index (χ4n) is 4.16. The number of Topliss-reactive ketones (excluding diaryl/α,β-unsaturated/α-hetero) is 1. The number of carbonyl (C=O) groups is 1. The molecule has 0 aromatic heterocycles. The molecule has 0 aliphatic carbocycles. The Morgan fingerprint density at radius 2 is 1.54 bits per heavy atom. The van der Waals surface area contributed by atoms with Gasteiger partial charge in [0.2, 0.25) is 0 Å². The molecule has 2 aliphatic rings. The average molecular weight is 351 g/mol. The van der Waals surface area contributed by atoms with E-state index in [1.54, 1.807) is 0 Å². The van der Waals surface area contributed by atoms with E-state index in [1.165, 1.54) is 43.5 Å². The summed E-state index contributed by atoms with van der Waals surface area (Å²) in [5.74, 6) is 0.240. The van der Waals surface area contributed by atoms with Crippen molar-refractivity contribution in [2.45, 2.75) is 39.8 Å². The standard InChI is InChI=1S/C22H26N2O.CH4/c1-17-5-7-18(8-6-17)19-9-11-20(12-10-19)21(25)16-24-15-3-14-23-13-2-4-22(23)24;/h5-12,22H,2-4,13-16H2,1H3;1H4. The maximum absolute atomic E-state index is 12.7. The van der Waals surface area contributed by atoms with Crippen molar-refractivity contribution in [3.63, 3.8) is 0 Å². The molecule has 2 fully saturated rings. The molecule has 26 heavy (non-hydrogen) atoms. The van der Waals surface area contributed by atoms with Gasteiger partial charge in [-0.25, -0.2) is 0 Å². The lowest BCUT2D eigenvalue weighted by Gasteiger charge is -2.39. The van der Waals surface area contributed by atoms with Crippen molar-refractivity contribution in [2.75, 3.05) is 26.2 Å². The summed E-state index contributed by atoms with van der Waals surface area (Å²) in [6.07, 6.45) is 4.14. The van der Waals surface area contributed by atoms with Gasteiger partial charge in [-0.15, -0.1) is 0 Å². The number of carbonyl (C=O) groups excluding carboxylic acids is 1. The van der Waals surface area contributed by atoms with E-state index in [1.807, 2.05) is 12.1 Å². The number of nitrogens with zero attached hydrogens (tertiary/aromatic N) is 2. The highest BCUT2D eigenvalue weighted by atomic mass is 16.1. The Balaban J connectivity index is 0.00000196. The summed E-state index contributed by atoms with van der Waals surface area (Å²) in [6.45, 7) is 6.08. The van der Waals surface area contributed by atoms with Crippen molar-refractivity contribution in [3.05, 3.63) is 59.7 Å². The summed E-state index contributed by atoms with van der Waals surface area (Å²) in [7, 11) is 0.